The molecule has 0 aliphatic heterocycles. The molecule has 0 unspecified atom stereocenters. The van der Waals surface area contributed by atoms with Gasteiger partial charge in [0.15, 0.2) is 0 Å². The lowest BCUT2D eigenvalue weighted by atomic mass is 10.2. The van der Waals surface area contributed by atoms with E-state index in [0.29, 0.717) is 17.1 Å². The van der Waals surface area contributed by atoms with Gasteiger partial charge in [-0.2, -0.15) is 0 Å². The molecule has 2 aromatic rings. The van der Waals surface area contributed by atoms with Crippen molar-refractivity contribution in [1.29, 1.82) is 0 Å². The van der Waals surface area contributed by atoms with Crippen LogP contribution in [0.5, 0.6) is 0 Å². The molecule has 4 heteroatoms. The van der Waals surface area contributed by atoms with Crippen LogP contribution in [-0.4, -0.2) is 11.2 Å². The van der Waals surface area contributed by atoms with Crippen molar-refractivity contribution >= 4 is 23.2 Å². The van der Waals surface area contributed by atoms with Gasteiger partial charge in [0, 0.05) is 5.69 Å². The average molecular weight is 227 g/mol. The van der Waals surface area contributed by atoms with Crippen LogP contribution in [-0.2, 0) is 0 Å². The summed E-state index contributed by atoms with van der Waals surface area (Å²) in [6.07, 6.45) is -1.05. The lowest BCUT2D eigenvalue weighted by Gasteiger charge is -2.19. The molecule has 0 heterocycles. The normalized spacial score (nSPS) is 9.88. The number of rotatable bonds is 2. The third-order valence-corrected chi connectivity index (χ3v) is 2.28. The molecule has 0 bridgehead atoms. The smallest absolute Gasteiger partial charge is 0.416 e. The first-order valence-corrected chi connectivity index (χ1v) is 5.03. The van der Waals surface area contributed by atoms with Gasteiger partial charge in [0.1, 0.15) is 0 Å². The number of nitrogen functional groups attached to an aromatic ring is 1. The zero-order valence-corrected chi connectivity index (χ0v) is 9.00. The largest absolute Gasteiger partial charge is 0.464 e. The Labute approximate surface area is 98.9 Å². The van der Waals surface area contributed by atoms with Crippen LogP contribution in [0.2, 0.25) is 0 Å². The van der Waals surface area contributed by atoms with Crippen molar-refractivity contribution < 1.29 is 9.90 Å². The minimum atomic E-state index is -1.05. The van der Waals surface area contributed by atoms with Gasteiger partial charge in [-0.3, -0.25) is 0 Å². The molecule has 0 spiro atoms. The van der Waals surface area contributed by atoms with Gasteiger partial charge in [0.05, 0.1) is 11.4 Å². The van der Waals surface area contributed by atoms with E-state index < -0.39 is 6.09 Å². The molecule has 2 rings (SSSR count). The minimum absolute atomic E-state index is 0.517. The van der Waals surface area contributed by atoms with Crippen LogP contribution in [0.25, 0.3) is 0 Å². The van der Waals surface area contributed by atoms with E-state index in [1.165, 1.54) is 4.90 Å². The van der Waals surface area contributed by atoms with E-state index >= 15 is 0 Å². The molecule has 17 heavy (non-hydrogen) atoms. The molecule has 0 saturated heterocycles. The summed E-state index contributed by atoms with van der Waals surface area (Å²) in [6.45, 7) is 0. The van der Waals surface area contributed by atoms with Crippen molar-refractivity contribution in [2.75, 3.05) is 10.6 Å². The van der Waals surface area contributed by atoms with Gasteiger partial charge >= 0.3 is 6.09 Å². The van der Waals surface area contributed by atoms with Crippen molar-refractivity contribution in [2.45, 2.75) is 0 Å². The predicted octanol–water partition coefficient (Wildman–Crippen LogP) is 2.89. The minimum Gasteiger partial charge on any atom is -0.464 e. The maximum absolute atomic E-state index is 11.3. The molecule has 0 fully saturated rings. The van der Waals surface area contributed by atoms with Gasteiger partial charge in [-0.05, 0) is 36.4 Å². The summed E-state index contributed by atoms with van der Waals surface area (Å²) in [4.78, 5) is 12.5. The van der Waals surface area contributed by atoms with Crippen LogP contribution < -0.4 is 10.6 Å². The van der Waals surface area contributed by atoms with Crippen LogP contribution in [0.3, 0.4) is 0 Å². The fraction of sp³-hybridized carbons (Fsp3) is 0. The van der Waals surface area contributed by atoms with E-state index in [-0.39, 0.29) is 0 Å². The van der Waals surface area contributed by atoms with Crippen LogP contribution in [0.4, 0.5) is 21.9 Å². The maximum Gasteiger partial charge on any atom is 0.416 e. The number of nitrogens with two attached hydrogens (primary N) is 1. The van der Waals surface area contributed by atoms with Crippen LogP contribution in [0, 0.1) is 6.07 Å². The van der Waals surface area contributed by atoms with Gasteiger partial charge in [-0.15, -0.1) is 0 Å². The van der Waals surface area contributed by atoms with Crippen molar-refractivity contribution in [3.05, 3.63) is 54.6 Å². The Morgan fingerprint density at radius 1 is 1.18 bits per heavy atom. The lowest BCUT2D eigenvalue weighted by Crippen LogP contribution is -2.23. The molecule has 3 N–H and O–H groups in total. The Morgan fingerprint density at radius 3 is 2.47 bits per heavy atom. The van der Waals surface area contributed by atoms with Crippen LogP contribution >= 0.6 is 0 Å². The number of anilines is 3. The molecular weight excluding hydrogens is 216 g/mol. The number of amides is 1. The second-order valence-corrected chi connectivity index (χ2v) is 3.47. The van der Waals surface area contributed by atoms with E-state index in [9.17, 15) is 9.90 Å². The van der Waals surface area contributed by atoms with E-state index in [2.05, 4.69) is 6.07 Å². The molecule has 1 amide bonds. The Kier molecular flexibility index (Phi) is 2.96. The molecule has 85 valence electrons. The molecule has 0 aliphatic rings. The molecule has 2 aromatic carbocycles. The highest BCUT2D eigenvalue weighted by Crippen LogP contribution is 2.26. The quantitative estimate of drug-likeness (QED) is 0.775. The SMILES string of the molecule is Nc1cccc(N(C(=O)O)c2cc[c]cc2)c1. The Hall–Kier alpha value is -2.49. The molecule has 0 aromatic heterocycles. The van der Waals surface area contributed by atoms with Crippen molar-refractivity contribution in [2.24, 2.45) is 0 Å². The molecule has 1 radical (unpaired) electrons. The van der Waals surface area contributed by atoms with Crippen LogP contribution in [0.15, 0.2) is 48.5 Å². The van der Waals surface area contributed by atoms with Gasteiger partial charge in [-0.25, -0.2) is 9.69 Å². The number of carbonyl (C=O) groups is 1. The maximum atomic E-state index is 11.3. The fourth-order valence-electron chi connectivity index (χ4n) is 1.56. The zero-order chi connectivity index (χ0) is 12.3. The van der Waals surface area contributed by atoms with E-state index in [1.807, 2.05) is 0 Å². The monoisotopic (exact) mass is 227 g/mol. The lowest BCUT2D eigenvalue weighted by molar-refractivity contribution is 0.205. The summed E-state index contributed by atoms with van der Waals surface area (Å²) >= 11 is 0. The van der Waals surface area contributed by atoms with Gasteiger partial charge < -0.3 is 10.8 Å². The first-order chi connectivity index (χ1) is 8.18. The highest BCUT2D eigenvalue weighted by molar-refractivity contribution is 5.95. The summed E-state index contributed by atoms with van der Waals surface area (Å²) in [6, 6.07) is 16.3. The summed E-state index contributed by atoms with van der Waals surface area (Å²) < 4.78 is 0. The second kappa shape index (κ2) is 4.57. The topological polar surface area (TPSA) is 66.6 Å². The Balaban J connectivity index is 2.47. The van der Waals surface area contributed by atoms with Crippen molar-refractivity contribution in [3.8, 4) is 0 Å². The van der Waals surface area contributed by atoms with E-state index in [1.54, 1.807) is 48.5 Å². The number of benzene rings is 2. The fourth-order valence-corrected chi connectivity index (χ4v) is 1.56. The number of nitrogens with zero attached hydrogens (tertiary/aromatic N) is 1. The highest BCUT2D eigenvalue weighted by Gasteiger charge is 2.16. The Morgan fingerprint density at radius 2 is 1.88 bits per heavy atom. The van der Waals surface area contributed by atoms with Gasteiger partial charge in [0.25, 0.3) is 0 Å². The molecule has 0 aliphatic carbocycles. The average Bonchev–Trinajstić information content (AvgIpc) is 2.30. The molecule has 0 saturated carbocycles. The summed E-state index contributed by atoms with van der Waals surface area (Å²) in [5, 5.41) is 9.25. The highest BCUT2D eigenvalue weighted by atomic mass is 16.4. The second-order valence-electron chi connectivity index (χ2n) is 3.47. The van der Waals surface area contributed by atoms with E-state index in [0.717, 1.165) is 0 Å². The molecule has 4 nitrogen and oxygen atoms in total. The third-order valence-electron chi connectivity index (χ3n) is 2.28. The first kappa shape index (κ1) is 11.0. The summed E-state index contributed by atoms with van der Waals surface area (Å²) in [7, 11) is 0. The van der Waals surface area contributed by atoms with Crippen LogP contribution in [0.1, 0.15) is 0 Å². The summed E-state index contributed by atoms with van der Waals surface area (Å²) in [5.74, 6) is 0. The number of hydrogen-bond donors (Lipinski definition) is 2. The zero-order valence-electron chi connectivity index (χ0n) is 9.00. The standard InChI is InChI=1S/C13H11N2O2/c14-10-5-4-8-12(9-10)15(13(16)17)11-6-2-1-3-7-11/h2-9H,14H2,(H,16,17). The number of carboxylic acid groups (broad SMARTS) is 1. The van der Waals surface area contributed by atoms with Crippen molar-refractivity contribution in [3.63, 3.8) is 0 Å². The predicted molar refractivity (Wildman–Crippen MR) is 66.3 cm³/mol. The summed E-state index contributed by atoms with van der Waals surface area (Å²) in [5.41, 5.74) is 7.25. The number of hydrogen-bond acceptors (Lipinski definition) is 2. The van der Waals surface area contributed by atoms with Gasteiger partial charge in [0.2, 0.25) is 0 Å². The Bertz CT molecular complexity index is 526. The van der Waals surface area contributed by atoms with Crippen molar-refractivity contribution in [1.82, 2.24) is 0 Å². The van der Waals surface area contributed by atoms with Gasteiger partial charge in [-0.1, -0.05) is 18.2 Å². The molecular formula is C13H11N2O2. The first-order valence-electron chi connectivity index (χ1n) is 5.03. The molecule has 0 atom stereocenters. The van der Waals surface area contributed by atoms with E-state index in [4.69, 9.17) is 5.73 Å². The third kappa shape index (κ3) is 2.36.